The molecule has 0 radical (unpaired) electrons. The molecule has 0 unspecified atom stereocenters. The Kier molecular flexibility index (Phi) is 3.80. The molecule has 1 rings (SSSR count). The highest BCUT2D eigenvalue weighted by molar-refractivity contribution is 6.05. The molecule has 78 valence electrons. The molecule has 0 fully saturated rings. The zero-order valence-corrected chi connectivity index (χ0v) is 8.78. The third-order valence-corrected chi connectivity index (χ3v) is 1.83. The van der Waals surface area contributed by atoms with Gasteiger partial charge in [-0.1, -0.05) is 30.3 Å². The summed E-state index contributed by atoms with van der Waals surface area (Å²) in [6.07, 6.45) is 1.73. The molecule has 0 saturated heterocycles. The van der Waals surface area contributed by atoms with Crippen molar-refractivity contribution in [3.63, 3.8) is 0 Å². The van der Waals surface area contributed by atoms with Gasteiger partial charge in [0.25, 0.3) is 5.91 Å². The Balaban J connectivity index is 2.76. The maximum atomic E-state index is 11.4. The number of hydrogen-bond acceptors (Lipinski definition) is 2. The van der Waals surface area contributed by atoms with E-state index in [0.717, 1.165) is 5.56 Å². The molecule has 15 heavy (non-hydrogen) atoms. The van der Waals surface area contributed by atoms with Gasteiger partial charge in [-0.05, 0) is 18.6 Å². The topological polar surface area (TPSA) is 46.2 Å². The summed E-state index contributed by atoms with van der Waals surface area (Å²) in [5.74, 6) is -0.702. The van der Waals surface area contributed by atoms with Crippen LogP contribution in [0.15, 0.2) is 35.9 Å². The lowest BCUT2D eigenvalue weighted by atomic mass is 10.1. The molecule has 3 nitrogen and oxygen atoms in total. The Morgan fingerprint density at radius 2 is 1.73 bits per heavy atom. The zero-order chi connectivity index (χ0) is 11.3. The second-order valence-corrected chi connectivity index (χ2v) is 3.25. The monoisotopic (exact) mass is 203 g/mol. The maximum absolute atomic E-state index is 11.4. The van der Waals surface area contributed by atoms with E-state index in [1.165, 1.54) is 6.92 Å². The lowest BCUT2D eigenvalue weighted by Crippen LogP contribution is -2.28. The van der Waals surface area contributed by atoms with Crippen LogP contribution < -0.4 is 5.32 Å². The number of hydrogen-bond donors (Lipinski definition) is 1. The Morgan fingerprint density at radius 3 is 2.27 bits per heavy atom. The fourth-order valence-electron chi connectivity index (χ4n) is 1.12. The van der Waals surface area contributed by atoms with Crippen LogP contribution in [0.4, 0.5) is 0 Å². The van der Waals surface area contributed by atoms with Gasteiger partial charge in [0.15, 0.2) is 0 Å². The number of benzene rings is 1. The predicted octanol–water partition coefficient (Wildman–Crippen LogP) is 1.75. The SMILES string of the molecule is CC(=O)NC(=O)C(C)=Cc1ccccc1. The number of nitrogens with one attached hydrogen (secondary N) is 1. The fourth-order valence-corrected chi connectivity index (χ4v) is 1.12. The Bertz CT molecular complexity index is 393. The van der Waals surface area contributed by atoms with Crippen molar-refractivity contribution in [1.82, 2.24) is 5.32 Å². The van der Waals surface area contributed by atoms with E-state index in [4.69, 9.17) is 0 Å². The second-order valence-electron chi connectivity index (χ2n) is 3.25. The third kappa shape index (κ3) is 3.77. The van der Waals surface area contributed by atoms with Gasteiger partial charge >= 0.3 is 0 Å². The van der Waals surface area contributed by atoms with Crippen LogP contribution in [0.5, 0.6) is 0 Å². The summed E-state index contributed by atoms with van der Waals surface area (Å²) in [6.45, 7) is 2.99. The smallest absolute Gasteiger partial charge is 0.253 e. The standard InChI is InChI=1S/C12H13NO2/c1-9(12(15)13-10(2)14)8-11-6-4-3-5-7-11/h3-8H,1-2H3,(H,13,14,15). The summed E-state index contributed by atoms with van der Waals surface area (Å²) in [7, 11) is 0. The molecule has 1 aromatic carbocycles. The number of amides is 2. The third-order valence-electron chi connectivity index (χ3n) is 1.83. The highest BCUT2D eigenvalue weighted by Crippen LogP contribution is 2.05. The van der Waals surface area contributed by atoms with Gasteiger partial charge in [-0.3, -0.25) is 14.9 Å². The summed E-state index contributed by atoms with van der Waals surface area (Å²) in [5, 5.41) is 2.22. The van der Waals surface area contributed by atoms with E-state index in [9.17, 15) is 9.59 Å². The van der Waals surface area contributed by atoms with Crippen LogP contribution in [-0.4, -0.2) is 11.8 Å². The molecule has 0 bridgehead atoms. The lowest BCUT2D eigenvalue weighted by Gasteiger charge is -2.00. The first-order chi connectivity index (χ1) is 7.09. The number of carbonyl (C=O) groups is 2. The average molecular weight is 203 g/mol. The van der Waals surface area contributed by atoms with Crippen LogP contribution in [0.1, 0.15) is 19.4 Å². The maximum Gasteiger partial charge on any atom is 0.253 e. The van der Waals surface area contributed by atoms with Crippen LogP contribution in [0.2, 0.25) is 0 Å². The summed E-state index contributed by atoms with van der Waals surface area (Å²) in [6, 6.07) is 9.47. The van der Waals surface area contributed by atoms with Crippen molar-refractivity contribution in [2.75, 3.05) is 0 Å². The Hall–Kier alpha value is -1.90. The molecule has 1 N–H and O–H groups in total. The van der Waals surface area contributed by atoms with E-state index < -0.39 is 0 Å². The molecule has 1 aromatic rings. The molecule has 0 aromatic heterocycles. The lowest BCUT2D eigenvalue weighted by molar-refractivity contribution is -0.127. The van der Waals surface area contributed by atoms with E-state index in [1.807, 2.05) is 30.3 Å². The van der Waals surface area contributed by atoms with Crippen molar-refractivity contribution >= 4 is 17.9 Å². The summed E-state index contributed by atoms with van der Waals surface area (Å²) < 4.78 is 0. The van der Waals surface area contributed by atoms with Crippen molar-refractivity contribution in [2.45, 2.75) is 13.8 Å². The summed E-state index contributed by atoms with van der Waals surface area (Å²) in [4.78, 5) is 22.0. The van der Waals surface area contributed by atoms with Crippen LogP contribution in [0.3, 0.4) is 0 Å². The summed E-state index contributed by atoms with van der Waals surface area (Å²) >= 11 is 0. The minimum absolute atomic E-state index is 0.346. The van der Waals surface area contributed by atoms with E-state index in [2.05, 4.69) is 5.32 Å². The van der Waals surface area contributed by atoms with Crippen LogP contribution >= 0.6 is 0 Å². The Morgan fingerprint density at radius 1 is 1.13 bits per heavy atom. The Labute approximate surface area is 88.8 Å². The largest absolute Gasteiger partial charge is 0.293 e. The van der Waals surface area contributed by atoms with Crippen molar-refractivity contribution in [1.29, 1.82) is 0 Å². The van der Waals surface area contributed by atoms with Crippen LogP contribution in [0, 0.1) is 0 Å². The fraction of sp³-hybridized carbons (Fsp3) is 0.167. The van der Waals surface area contributed by atoms with Crippen molar-refractivity contribution in [3.05, 3.63) is 41.5 Å². The normalized spacial score (nSPS) is 10.9. The number of rotatable bonds is 2. The van der Waals surface area contributed by atoms with E-state index in [0.29, 0.717) is 5.57 Å². The molecule has 3 heteroatoms. The molecule has 0 aliphatic heterocycles. The zero-order valence-electron chi connectivity index (χ0n) is 8.78. The average Bonchev–Trinajstić information content (AvgIpc) is 2.18. The van der Waals surface area contributed by atoms with Gasteiger partial charge in [-0.25, -0.2) is 0 Å². The van der Waals surface area contributed by atoms with Gasteiger partial charge in [0, 0.05) is 12.5 Å². The minimum atomic E-state index is -0.355. The van der Waals surface area contributed by atoms with E-state index >= 15 is 0 Å². The van der Waals surface area contributed by atoms with Gasteiger partial charge < -0.3 is 0 Å². The number of imide groups is 1. The van der Waals surface area contributed by atoms with Crippen molar-refractivity contribution < 1.29 is 9.59 Å². The first-order valence-corrected chi connectivity index (χ1v) is 4.65. The molecule has 0 aliphatic rings. The molecule has 0 heterocycles. The predicted molar refractivity (Wildman–Crippen MR) is 58.9 cm³/mol. The first-order valence-electron chi connectivity index (χ1n) is 4.65. The van der Waals surface area contributed by atoms with Gasteiger partial charge in [-0.15, -0.1) is 0 Å². The molecule has 0 saturated carbocycles. The highest BCUT2D eigenvalue weighted by atomic mass is 16.2. The molecule has 0 aliphatic carbocycles. The quantitative estimate of drug-likeness (QED) is 0.744. The number of carbonyl (C=O) groups excluding carboxylic acids is 2. The van der Waals surface area contributed by atoms with Crippen LogP contribution in [0.25, 0.3) is 6.08 Å². The van der Waals surface area contributed by atoms with Gasteiger partial charge in [-0.2, -0.15) is 0 Å². The summed E-state index contributed by atoms with van der Waals surface area (Å²) in [5.41, 5.74) is 1.45. The molecular weight excluding hydrogens is 190 g/mol. The van der Waals surface area contributed by atoms with Crippen LogP contribution in [-0.2, 0) is 9.59 Å². The van der Waals surface area contributed by atoms with Crippen molar-refractivity contribution in [3.8, 4) is 0 Å². The molecule has 0 spiro atoms. The molecule has 2 amide bonds. The molecule has 0 atom stereocenters. The second kappa shape index (κ2) is 5.10. The highest BCUT2D eigenvalue weighted by Gasteiger charge is 2.05. The molecular formula is C12H13NO2. The first kappa shape index (κ1) is 11.2. The van der Waals surface area contributed by atoms with Gasteiger partial charge in [0.05, 0.1) is 0 Å². The van der Waals surface area contributed by atoms with Gasteiger partial charge in [0.2, 0.25) is 5.91 Å². The van der Waals surface area contributed by atoms with Crippen molar-refractivity contribution in [2.24, 2.45) is 0 Å². The van der Waals surface area contributed by atoms with E-state index in [-0.39, 0.29) is 11.8 Å². The van der Waals surface area contributed by atoms with Gasteiger partial charge in [0.1, 0.15) is 0 Å². The minimum Gasteiger partial charge on any atom is -0.293 e. The van der Waals surface area contributed by atoms with E-state index in [1.54, 1.807) is 13.0 Å².